The summed E-state index contributed by atoms with van der Waals surface area (Å²) < 4.78 is 9.52. The molecule has 12 heteroatoms. The molecule has 0 saturated carbocycles. The molecule has 0 aliphatic carbocycles. The van der Waals surface area contributed by atoms with E-state index in [4.69, 9.17) is 14.5 Å². The highest BCUT2D eigenvalue weighted by Crippen LogP contribution is 2.32. The number of hydrogen-bond acceptors (Lipinski definition) is 9. The van der Waals surface area contributed by atoms with Crippen molar-refractivity contribution in [2.24, 2.45) is 0 Å². The molecular formula is C16H31N2O8PS. The topological polar surface area (TPSA) is 142 Å². The number of nitrogens with zero attached hydrogens (tertiary/aromatic N) is 1. The molecule has 1 saturated heterocycles. The van der Waals surface area contributed by atoms with E-state index in [1.165, 1.54) is 30.7 Å². The monoisotopic (exact) mass is 442 g/mol. The van der Waals surface area contributed by atoms with Crippen molar-refractivity contribution in [2.75, 3.05) is 39.7 Å². The summed E-state index contributed by atoms with van der Waals surface area (Å²) in [6, 6.07) is 0. The van der Waals surface area contributed by atoms with E-state index in [9.17, 15) is 19.2 Å². The third-order valence-electron chi connectivity index (χ3n) is 3.11. The van der Waals surface area contributed by atoms with Crippen LogP contribution in [0.5, 0.6) is 0 Å². The van der Waals surface area contributed by atoms with Crippen molar-refractivity contribution in [3.05, 3.63) is 0 Å². The van der Waals surface area contributed by atoms with Crippen LogP contribution in [0.4, 0.5) is 0 Å². The molecule has 164 valence electrons. The van der Waals surface area contributed by atoms with E-state index in [2.05, 4.69) is 9.84 Å². The Morgan fingerprint density at radius 3 is 2.57 bits per heavy atom. The van der Waals surface area contributed by atoms with Crippen molar-refractivity contribution in [3.8, 4) is 0 Å². The van der Waals surface area contributed by atoms with Gasteiger partial charge >= 0.3 is 8.60 Å². The number of imide groups is 1. The molecule has 0 spiro atoms. The van der Waals surface area contributed by atoms with Gasteiger partial charge in [-0.15, -0.1) is 11.8 Å². The van der Waals surface area contributed by atoms with Gasteiger partial charge in [0, 0.05) is 45.9 Å². The van der Waals surface area contributed by atoms with Gasteiger partial charge in [0.15, 0.2) is 0 Å². The zero-order valence-electron chi connectivity index (χ0n) is 16.8. The number of carbonyl (C=O) groups is 4. The zero-order valence-corrected chi connectivity index (χ0v) is 18.5. The Balaban J connectivity index is 0. The maximum atomic E-state index is 11.9. The lowest BCUT2D eigenvalue weighted by Gasteiger charge is -2.13. The van der Waals surface area contributed by atoms with Crippen LogP contribution in [0, 0.1) is 0 Å². The predicted molar refractivity (Wildman–Crippen MR) is 107 cm³/mol. The molecule has 0 aromatic heterocycles. The minimum atomic E-state index is -1.81. The van der Waals surface area contributed by atoms with Gasteiger partial charge in [0.1, 0.15) is 5.78 Å². The highest BCUT2D eigenvalue weighted by molar-refractivity contribution is 8.00. The van der Waals surface area contributed by atoms with E-state index < -0.39 is 8.60 Å². The van der Waals surface area contributed by atoms with E-state index >= 15 is 0 Å². The summed E-state index contributed by atoms with van der Waals surface area (Å²) in [5.41, 5.74) is 0. The summed E-state index contributed by atoms with van der Waals surface area (Å²) in [6.07, 6.45) is 2.06. The SMILES string of the molecule is CC(=O)CCNC=O.CCCN1C(=O)CC(SCCOP(O)OC)C1=O.CO. The average Bonchev–Trinajstić information content (AvgIpc) is 2.95. The van der Waals surface area contributed by atoms with Gasteiger partial charge in [-0.2, -0.15) is 0 Å². The Morgan fingerprint density at radius 1 is 1.43 bits per heavy atom. The fourth-order valence-corrected chi connectivity index (χ4v) is 3.38. The van der Waals surface area contributed by atoms with Crippen LogP contribution in [0.1, 0.15) is 33.1 Å². The van der Waals surface area contributed by atoms with Gasteiger partial charge in [0.05, 0.1) is 11.9 Å². The molecule has 10 nitrogen and oxygen atoms in total. The van der Waals surface area contributed by atoms with Gasteiger partial charge in [-0.05, 0) is 13.3 Å². The summed E-state index contributed by atoms with van der Waals surface area (Å²) in [7, 11) is 0.550. The van der Waals surface area contributed by atoms with Crippen molar-refractivity contribution < 1.29 is 38.2 Å². The van der Waals surface area contributed by atoms with Gasteiger partial charge < -0.3 is 24.4 Å². The lowest BCUT2D eigenvalue weighted by molar-refractivity contribution is -0.138. The first-order chi connectivity index (χ1) is 13.4. The number of hydrogen-bond donors (Lipinski definition) is 3. The van der Waals surface area contributed by atoms with E-state index in [1.807, 2.05) is 6.92 Å². The number of amides is 3. The number of Topliss-reactive ketones (excluding diaryl/α,β-unsaturated/α-hetero) is 1. The van der Waals surface area contributed by atoms with Crippen LogP contribution in [-0.2, 0) is 28.2 Å². The summed E-state index contributed by atoms with van der Waals surface area (Å²) in [5, 5.41) is 9.07. The molecule has 1 aliphatic heterocycles. The summed E-state index contributed by atoms with van der Waals surface area (Å²) in [6.45, 7) is 4.68. The van der Waals surface area contributed by atoms with Crippen molar-refractivity contribution in [1.82, 2.24) is 10.2 Å². The van der Waals surface area contributed by atoms with Crippen molar-refractivity contribution in [3.63, 3.8) is 0 Å². The van der Waals surface area contributed by atoms with Crippen LogP contribution >= 0.6 is 20.4 Å². The lowest BCUT2D eigenvalue weighted by atomic mass is 10.3. The smallest absolute Gasteiger partial charge is 0.329 e. The molecule has 0 bridgehead atoms. The van der Waals surface area contributed by atoms with Crippen LogP contribution in [-0.4, -0.2) is 83.8 Å². The minimum absolute atomic E-state index is 0.0958. The van der Waals surface area contributed by atoms with Crippen molar-refractivity contribution >= 4 is 44.4 Å². The largest absolute Gasteiger partial charge is 0.400 e. The van der Waals surface area contributed by atoms with Crippen LogP contribution in [0.2, 0.25) is 0 Å². The Kier molecular flexibility index (Phi) is 20.0. The maximum Gasteiger partial charge on any atom is 0.329 e. The van der Waals surface area contributed by atoms with Crippen molar-refractivity contribution in [1.29, 1.82) is 0 Å². The second-order valence-electron chi connectivity index (χ2n) is 5.22. The molecule has 1 heterocycles. The normalized spacial score (nSPS) is 16.5. The molecule has 28 heavy (non-hydrogen) atoms. The maximum absolute atomic E-state index is 11.9. The molecule has 0 radical (unpaired) electrons. The fraction of sp³-hybridized carbons (Fsp3) is 0.750. The van der Waals surface area contributed by atoms with Gasteiger partial charge in [-0.3, -0.25) is 24.1 Å². The van der Waals surface area contributed by atoms with Crippen LogP contribution in [0.3, 0.4) is 0 Å². The summed E-state index contributed by atoms with van der Waals surface area (Å²) in [4.78, 5) is 53.5. The molecule has 0 aromatic carbocycles. The van der Waals surface area contributed by atoms with Gasteiger partial charge in [0.2, 0.25) is 18.2 Å². The molecular weight excluding hydrogens is 411 g/mol. The highest BCUT2D eigenvalue weighted by Gasteiger charge is 2.37. The number of ketones is 1. The van der Waals surface area contributed by atoms with Crippen molar-refractivity contribution in [2.45, 2.75) is 38.4 Å². The zero-order chi connectivity index (χ0) is 21.9. The Bertz CT molecular complexity index is 470. The van der Waals surface area contributed by atoms with E-state index in [0.717, 1.165) is 13.5 Å². The Labute approximate surface area is 171 Å². The second-order valence-corrected chi connectivity index (χ2v) is 7.63. The Morgan fingerprint density at radius 2 is 2.07 bits per heavy atom. The van der Waals surface area contributed by atoms with E-state index in [0.29, 0.717) is 38.3 Å². The molecule has 3 N–H and O–H groups in total. The third kappa shape index (κ3) is 14.0. The number of aliphatic hydroxyl groups excluding tert-OH is 1. The molecule has 1 rings (SSSR count). The molecule has 2 unspecified atom stereocenters. The van der Waals surface area contributed by atoms with Gasteiger partial charge in [-0.25, -0.2) is 0 Å². The summed E-state index contributed by atoms with van der Waals surface area (Å²) in [5.74, 6) is 0.442. The van der Waals surface area contributed by atoms with Gasteiger partial charge in [0.25, 0.3) is 0 Å². The quantitative estimate of drug-likeness (QED) is 0.170. The third-order valence-corrected chi connectivity index (χ3v) is 5.00. The van der Waals surface area contributed by atoms with Gasteiger partial charge in [-0.1, -0.05) is 6.92 Å². The van der Waals surface area contributed by atoms with Crippen LogP contribution in [0.15, 0.2) is 0 Å². The number of likely N-dealkylation sites (tertiary alicyclic amines) is 1. The lowest BCUT2D eigenvalue weighted by Crippen LogP contribution is -2.32. The minimum Gasteiger partial charge on any atom is -0.400 e. The average molecular weight is 442 g/mol. The molecule has 0 aromatic rings. The first-order valence-electron chi connectivity index (χ1n) is 8.60. The first-order valence-corrected chi connectivity index (χ1v) is 10.8. The second kappa shape index (κ2) is 19.2. The highest BCUT2D eigenvalue weighted by atomic mass is 32.2. The number of nitrogens with one attached hydrogen (secondary N) is 1. The number of carbonyl (C=O) groups excluding carboxylic acids is 4. The van der Waals surface area contributed by atoms with E-state index in [-0.39, 0.29) is 29.3 Å². The fourth-order valence-electron chi connectivity index (χ4n) is 1.91. The van der Waals surface area contributed by atoms with Crippen LogP contribution < -0.4 is 5.32 Å². The molecule has 2 atom stereocenters. The molecule has 3 amide bonds. The number of thioether (sulfide) groups is 1. The predicted octanol–water partition coefficient (Wildman–Crippen LogP) is 0.459. The molecule has 1 fully saturated rings. The molecule has 1 aliphatic rings. The number of rotatable bonds is 12. The first kappa shape index (κ1) is 29.1. The Hall–Kier alpha value is -1.10. The van der Waals surface area contributed by atoms with E-state index in [1.54, 1.807) is 0 Å². The number of aliphatic hydroxyl groups is 1. The van der Waals surface area contributed by atoms with Crippen LogP contribution in [0.25, 0.3) is 0 Å². The standard InChI is InChI=1S/C10H18NO5PS.C5H9NO2.CH4O/c1-3-4-11-9(12)7-8(10(11)13)18-6-5-16-17(14)15-2;1-5(8)2-3-6-4-7;1-2/h8,14H,3-7H2,1-2H3;4H,2-3H2,1H3,(H,6,7);2H,1H3. The summed E-state index contributed by atoms with van der Waals surface area (Å²) >= 11 is 1.38.